The molecular weight excluding hydrogens is 262 g/mol. The van der Waals surface area contributed by atoms with Crippen LogP contribution in [0.5, 0.6) is 0 Å². The Kier molecular flexibility index (Phi) is 2.48. The van der Waals surface area contributed by atoms with Gasteiger partial charge in [0.1, 0.15) is 24.1 Å². The molecule has 1 unspecified atom stereocenters. The Bertz CT molecular complexity index is 537. The van der Waals surface area contributed by atoms with Crippen LogP contribution < -0.4 is 5.73 Å². The smallest absolute Gasteiger partial charge is 0.283 e. The minimum Gasteiger partial charge on any atom is -0.462 e. The van der Waals surface area contributed by atoms with Gasteiger partial charge in [-0.05, 0) is 12.5 Å². The van der Waals surface area contributed by atoms with Crippen LogP contribution >= 0.6 is 11.6 Å². The van der Waals surface area contributed by atoms with Gasteiger partial charge in [0.15, 0.2) is 0 Å². The topological polar surface area (TPSA) is 47.6 Å². The zero-order valence-electron chi connectivity index (χ0n) is 9.37. The summed E-state index contributed by atoms with van der Waals surface area (Å²) in [6.45, 7) is -0.776. The molecule has 6 heteroatoms. The first kappa shape index (κ1) is 11.7. The molecule has 0 aromatic heterocycles. The Balaban J connectivity index is 2.17. The number of halogens is 3. The Morgan fingerprint density at radius 1 is 1.56 bits per heavy atom. The molecule has 1 fully saturated rings. The zero-order chi connectivity index (χ0) is 12.9. The maximum atomic E-state index is 13.6. The van der Waals surface area contributed by atoms with E-state index in [0.717, 1.165) is 0 Å². The standard InChI is InChI=1S/C12H11ClF2N2O/c13-10-6(2-1-3-8(10)15)12(5-14)7-4-9(7)18-11(16)17-12/h1-3,7,9H,4-5H2,(H2,16,17)/t7-,9?,12+/m0/s1. The molecule has 1 aromatic rings. The van der Waals surface area contributed by atoms with Gasteiger partial charge in [0.2, 0.25) is 0 Å². The second-order valence-corrected chi connectivity index (χ2v) is 4.99. The van der Waals surface area contributed by atoms with Crippen LogP contribution in [0.2, 0.25) is 5.02 Å². The fourth-order valence-electron chi connectivity index (χ4n) is 2.56. The van der Waals surface area contributed by atoms with E-state index in [0.29, 0.717) is 12.0 Å². The molecule has 0 bridgehead atoms. The number of aliphatic imine (C=N–C) groups is 1. The largest absolute Gasteiger partial charge is 0.462 e. The lowest BCUT2D eigenvalue weighted by Gasteiger charge is -2.31. The van der Waals surface area contributed by atoms with E-state index < -0.39 is 18.0 Å². The van der Waals surface area contributed by atoms with E-state index in [-0.39, 0.29) is 23.1 Å². The minimum atomic E-state index is -1.20. The van der Waals surface area contributed by atoms with E-state index in [4.69, 9.17) is 22.1 Å². The Labute approximate surface area is 108 Å². The number of amidine groups is 1. The van der Waals surface area contributed by atoms with Crippen LogP contribution in [0.1, 0.15) is 12.0 Å². The molecule has 2 N–H and O–H groups in total. The van der Waals surface area contributed by atoms with Crippen LogP contribution in [0.25, 0.3) is 0 Å². The number of alkyl halides is 1. The number of ether oxygens (including phenoxy) is 1. The van der Waals surface area contributed by atoms with Gasteiger partial charge in [-0.25, -0.2) is 13.8 Å². The molecule has 2 aliphatic rings. The Morgan fingerprint density at radius 3 is 3.06 bits per heavy atom. The highest BCUT2D eigenvalue weighted by molar-refractivity contribution is 6.31. The molecule has 1 saturated carbocycles. The van der Waals surface area contributed by atoms with Crippen molar-refractivity contribution in [1.82, 2.24) is 0 Å². The van der Waals surface area contributed by atoms with Crippen LogP contribution in [-0.4, -0.2) is 18.8 Å². The molecule has 0 radical (unpaired) electrons. The molecule has 18 heavy (non-hydrogen) atoms. The normalized spacial score (nSPS) is 33.4. The highest BCUT2D eigenvalue weighted by atomic mass is 35.5. The molecule has 3 atom stereocenters. The van der Waals surface area contributed by atoms with Crippen LogP contribution in [0.3, 0.4) is 0 Å². The number of nitrogens with two attached hydrogens (primary N) is 1. The zero-order valence-corrected chi connectivity index (χ0v) is 10.1. The van der Waals surface area contributed by atoms with Gasteiger partial charge >= 0.3 is 0 Å². The van der Waals surface area contributed by atoms with Gasteiger partial charge in [-0.15, -0.1) is 0 Å². The van der Waals surface area contributed by atoms with Gasteiger partial charge in [-0.3, -0.25) is 0 Å². The van der Waals surface area contributed by atoms with Crippen LogP contribution in [0.4, 0.5) is 8.78 Å². The monoisotopic (exact) mass is 272 g/mol. The quantitative estimate of drug-likeness (QED) is 0.898. The van der Waals surface area contributed by atoms with Crippen LogP contribution in [0, 0.1) is 11.7 Å². The summed E-state index contributed by atoms with van der Waals surface area (Å²) >= 11 is 5.93. The van der Waals surface area contributed by atoms with Gasteiger partial charge in [0.25, 0.3) is 6.02 Å². The predicted molar refractivity (Wildman–Crippen MR) is 63.7 cm³/mol. The summed E-state index contributed by atoms with van der Waals surface area (Å²) < 4.78 is 32.3. The minimum absolute atomic E-state index is 0.0632. The summed E-state index contributed by atoms with van der Waals surface area (Å²) in [7, 11) is 0. The SMILES string of the molecule is NC1=N[C@](CF)(c2cccc(F)c2Cl)[C@H]2CC2O1. The molecule has 1 aliphatic heterocycles. The van der Waals surface area contributed by atoms with Gasteiger partial charge in [-0.2, -0.15) is 0 Å². The molecule has 3 rings (SSSR count). The summed E-state index contributed by atoms with van der Waals surface area (Å²) in [4.78, 5) is 4.07. The number of nitrogens with zero attached hydrogens (tertiary/aromatic N) is 1. The number of fused-ring (bicyclic) bond motifs is 1. The van der Waals surface area contributed by atoms with Gasteiger partial charge < -0.3 is 10.5 Å². The lowest BCUT2D eigenvalue weighted by atomic mass is 9.86. The first-order valence-electron chi connectivity index (χ1n) is 5.61. The molecule has 0 amide bonds. The van der Waals surface area contributed by atoms with Crippen molar-refractivity contribution in [1.29, 1.82) is 0 Å². The lowest BCUT2D eigenvalue weighted by Crippen LogP contribution is -2.39. The molecule has 96 valence electrons. The summed E-state index contributed by atoms with van der Waals surface area (Å²) in [5, 5.41) is -0.0979. The molecule has 1 aromatic carbocycles. The van der Waals surface area contributed by atoms with Crippen molar-refractivity contribution in [2.24, 2.45) is 16.6 Å². The number of hydrogen-bond acceptors (Lipinski definition) is 3. The Morgan fingerprint density at radius 2 is 2.33 bits per heavy atom. The maximum Gasteiger partial charge on any atom is 0.283 e. The van der Waals surface area contributed by atoms with Gasteiger partial charge in [0, 0.05) is 11.5 Å². The van der Waals surface area contributed by atoms with Crippen molar-refractivity contribution in [3.63, 3.8) is 0 Å². The van der Waals surface area contributed by atoms with E-state index in [1.165, 1.54) is 12.1 Å². The number of benzene rings is 1. The highest BCUT2D eigenvalue weighted by Gasteiger charge is 2.59. The molecule has 0 spiro atoms. The third kappa shape index (κ3) is 1.50. The van der Waals surface area contributed by atoms with Crippen LogP contribution in [0.15, 0.2) is 23.2 Å². The third-order valence-corrected chi connectivity index (χ3v) is 3.93. The first-order valence-corrected chi connectivity index (χ1v) is 5.98. The van der Waals surface area contributed by atoms with Crippen molar-refractivity contribution in [3.8, 4) is 0 Å². The predicted octanol–water partition coefficient (Wildman–Crippen LogP) is 2.38. The third-order valence-electron chi connectivity index (χ3n) is 3.55. The molecule has 1 heterocycles. The van der Waals surface area contributed by atoms with Crippen molar-refractivity contribution < 1.29 is 13.5 Å². The van der Waals surface area contributed by atoms with E-state index in [1.54, 1.807) is 6.07 Å². The van der Waals surface area contributed by atoms with Crippen molar-refractivity contribution in [3.05, 3.63) is 34.6 Å². The average Bonchev–Trinajstić information content (AvgIpc) is 3.11. The van der Waals surface area contributed by atoms with Crippen molar-refractivity contribution in [2.45, 2.75) is 18.1 Å². The van der Waals surface area contributed by atoms with Crippen molar-refractivity contribution in [2.75, 3.05) is 6.67 Å². The first-order chi connectivity index (χ1) is 8.58. The van der Waals surface area contributed by atoms with Gasteiger partial charge in [0.05, 0.1) is 5.02 Å². The van der Waals surface area contributed by atoms with E-state index in [2.05, 4.69) is 4.99 Å². The van der Waals surface area contributed by atoms with Gasteiger partial charge in [-0.1, -0.05) is 23.7 Å². The van der Waals surface area contributed by atoms with Crippen molar-refractivity contribution >= 4 is 17.6 Å². The fraction of sp³-hybridized carbons (Fsp3) is 0.417. The number of rotatable bonds is 2. The summed E-state index contributed by atoms with van der Waals surface area (Å²) in [5.74, 6) is -0.714. The van der Waals surface area contributed by atoms with E-state index in [1.807, 2.05) is 0 Å². The second kappa shape index (κ2) is 3.82. The molecular formula is C12H11ClF2N2O. The summed E-state index contributed by atoms with van der Waals surface area (Å²) in [6.07, 6.45) is 0.513. The van der Waals surface area contributed by atoms with E-state index >= 15 is 0 Å². The summed E-state index contributed by atoms with van der Waals surface area (Å²) in [5.41, 5.74) is 4.69. The second-order valence-electron chi connectivity index (χ2n) is 4.61. The van der Waals surface area contributed by atoms with E-state index in [9.17, 15) is 8.78 Å². The molecule has 0 saturated heterocycles. The molecule has 3 nitrogen and oxygen atoms in total. The summed E-state index contributed by atoms with van der Waals surface area (Å²) in [6, 6.07) is 4.25. The fourth-order valence-corrected chi connectivity index (χ4v) is 2.85. The average molecular weight is 273 g/mol. The van der Waals surface area contributed by atoms with Crippen LogP contribution in [-0.2, 0) is 10.3 Å². The Hall–Kier alpha value is -1.36. The molecule has 1 aliphatic carbocycles. The highest BCUT2D eigenvalue weighted by Crippen LogP contribution is 2.54. The number of hydrogen-bond donors (Lipinski definition) is 1. The lowest BCUT2D eigenvalue weighted by molar-refractivity contribution is 0.170. The maximum absolute atomic E-state index is 13.6.